The number of hydrogen-bond donors (Lipinski definition) is 0. The number of fused-ring (bicyclic) bond motifs is 3. The molecule has 1 aliphatic rings. The summed E-state index contributed by atoms with van der Waals surface area (Å²) in [6.07, 6.45) is 0. The molecule has 3 aromatic carbocycles. The van der Waals surface area contributed by atoms with Crippen LogP contribution in [-0.2, 0) is 0 Å². The molecule has 0 bridgehead atoms. The van der Waals surface area contributed by atoms with E-state index in [4.69, 9.17) is 4.98 Å². The molecule has 6 rings (SSSR count). The molecule has 0 atom stereocenters. The highest BCUT2D eigenvalue weighted by atomic mass is 16.6. The summed E-state index contributed by atoms with van der Waals surface area (Å²) in [7, 11) is 0. The van der Waals surface area contributed by atoms with Crippen LogP contribution in [0.3, 0.4) is 0 Å². The number of nitro benzene ring substituents is 1. The summed E-state index contributed by atoms with van der Waals surface area (Å²) >= 11 is 0. The number of nitro groups is 1. The molecule has 0 N–H and O–H groups in total. The number of carbonyl (C=O) groups excluding carboxylic acids is 1. The number of para-hydroxylation sites is 1. The molecule has 10 heteroatoms. The van der Waals surface area contributed by atoms with Gasteiger partial charge in [0.05, 0.1) is 10.4 Å². The van der Waals surface area contributed by atoms with Gasteiger partial charge in [0.15, 0.2) is 11.5 Å². The summed E-state index contributed by atoms with van der Waals surface area (Å²) in [4.78, 5) is 32.4. The zero-order valence-corrected chi connectivity index (χ0v) is 20.1. The number of benzene rings is 3. The topological polar surface area (TPSA) is 110 Å². The Labute approximate surface area is 211 Å². The molecule has 1 fully saturated rings. The largest absolute Gasteiger partial charge is 0.338 e. The highest BCUT2D eigenvalue weighted by Crippen LogP contribution is 2.30. The van der Waals surface area contributed by atoms with Gasteiger partial charge in [-0.2, -0.15) is 0 Å². The van der Waals surface area contributed by atoms with Gasteiger partial charge in [0, 0.05) is 54.8 Å². The Bertz CT molecular complexity index is 1650. The standard InChI is InChI=1S/C27H23N7O3/c1-18-6-2-3-7-21(18)24-29-30-25-22-8-4-5-9-23(22)28-27(33(24)25)32-16-14-31(15-17-32)26(35)19-10-12-20(13-11-19)34(36)37/h2-13H,14-17H2,1H3. The van der Waals surface area contributed by atoms with Crippen LogP contribution in [0.5, 0.6) is 0 Å². The molecule has 0 radical (unpaired) electrons. The number of carbonyl (C=O) groups is 1. The molecule has 1 saturated heterocycles. The van der Waals surface area contributed by atoms with Crippen molar-refractivity contribution in [3.63, 3.8) is 0 Å². The van der Waals surface area contributed by atoms with Gasteiger partial charge in [-0.3, -0.25) is 14.9 Å². The van der Waals surface area contributed by atoms with E-state index in [-0.39, 0.29) is 11.6 Å². The normalized spacial score (nSPS) is 13.9. The molecule has 0 spiro atoms. The molecule has 0 saturated carbocycles. The Hall–Kier alpha value is -4.86. The number of piperazine rings is 1. The lowest BCUT2D eigenvalue weighted by Gasteiger charge is -2.35. The fourth-order valence-electron chi connectivity index (χ4n) is 4.79. The molecular formula is C27H23N7O3. The summed E-state index contributed by atoms with van der Waals surface area (Å²) < 4.78 is 2.01. The third kappa shape index (κ3) is 3.92. The van der Waals surface area contributed by atoms with Crippen LogP contribution in [0.25, 0.3) is 27.9 Å². The van der Waals surface area contributed by atoms with E-state index in [1.54, 1.807) is 4.90 Å². The van der Waals surface area contributed by atoms with E-state index in [1.165, 1.54) is 24.3 Å². The lowest BCUT2D eigenvalue weighted by Crippen LogP contribution is -2.49. The number of rotatable bonds is 4. The lowest BCUT2D eigenvalue weighted by atomic mass is 10.1. The van der Waals surface area contributed by atoms with E-state index in [2.05, 4.69) is 15.1 Å². The highest BCUT2D eigenvalue weighted by molar-refractivity contribution is 5.95. The molecule has 0 unspecified atom stereocenters. The van der Waals surface area contributed by atoms with Gasteiger partial charge >= 0.3 is 0 Å². The van der Waals surface area contributed by atoms with Crippen LogP contribution in [0.4, 0.5) is 11.6 Å². The maximum absolute atomic E-state index is 13.0. The van der Waals surface area contributed by atoms with Crippen molar-refractivity contribution in [1.29, 1.82) is 0 Å². The van der Waals surface area contributed by atoms with Crippen LogP contribution in [0.15, 0.2) is 72.8 Å². The van der Waals surface area contributed by atoms with Crippen LogP contribution in [-0.4, -0.2) is 61.5 Å². The fourth-order valence-corrected chi connectivity index (χ4v) is 4.79. The van der Waals surface area contributed by atoms with E-state index in [9.17, 15) is 14.9 Å². The van der Waals surface area contributed by atoms with Crippen molar-refractivity contribution in [2.45, 2.75) is 6.92 Å². The monoisotopic (exact) mass is 493 g/mol. The van der Waals surface area contributed by atoms with Crippen molar-refractivity contribution in [2.24, 2.45) is 0 Å². The van der Waals surface area contributed by atoms with Crippen LogP contribution in [0.2, 0.25) is 0 Å². The van der Waals surface area contributed by atoms with Gasteiger partial charge < -0.3 is 9.80 Å². The average Bonchev–Trinajstić information content (AvgIpc) is 3.38. The molecule has 0 aliphatic carbocycles. The number of nitrogens with zero attached hydrogens (tertiary/aromatic N) is 7. The Morgan fingerprint density at radius 2 is 1.59 bits per heavy atom. The second kappa shape index (κ2) is 8.98. The van der Waals surface area contributed by atoms with Gasteiger partial charge in [-0.05, 0) is 36.8 Å². The number of anilines is 1. The Kier molecular flexibility index (Phi) is 5.48. The average molecular weight is 494 g/mol. The van der Waals surface area contributed by atoms with Crippen LogP contribution < -0.4 is 4.90 Å². The lowest BCUT2D eigenvalue weighted by molar-refractivity contribution is -0.384. The fraction of sp³-hybridized carbons (Fsp3) is 0.185. The minimum atomic E-state index is -0.472. The van der Waals surface area contributed by atoms with Gasteiger partial charge in [-0.1, -0.05) is 36.4 Å². The van der Waals surface area contributed by atoms with E-state index in [0.29, 0.717) is 31.7 Å². The number of amides is 1. The first-order chi connectivity index (χ1) is 18.0. The maximum atomic E-state index is 13.0. The van der Waals surface area contributed by atoms with E-state index < -0.39 is 4.92 Å². The summed E-state index contributed by atoms with van der Waals surface area (Å²) in [5.41, 5.74) is 4.05. The minimum absolute atomic E-state index is 0.0360. The first-order valence-electron chi connectivity index (χ1n) is 12.0. The summed E-state index contributed by atoms with van der Waals surface area (Å²) in [5, 5.41) is 21.0. The molecule has 184 valence electrons. The summed E-state index contributed by atoms with van der Waals surface area (Å²) in [5.74, 6) is 1.32. The van der Waals surface area contributed by atoms with E-state index in [0.717, 1.165) is 39.4 Å². The first-order valence-corrected chi connectivity index (χ1v) is 12.0. The molecule has 5 aromatic rings. The second-order valence-electron chi connectivity index (χ2n) is 9.01. The van der Waals surface area contributed by atoms with Gasteiger partial charge in [0.25, 0.3) is 11.6 Å². The Balaban J connectivity index is 1.34. The van der Waals surface area contributed by atoms with Crippen molar-refractivity contribution in [3.8, 4) is 11.4 Å². The van der Waals surface area contributed by atoms with Gasteiger partial charge in [-0.15, -0.1) is 10.2 Å². The second-order valence-corrected chi connectivity index (χ2v) is 9.01. The molecule has 10 nitrogen and oxygen atoms in total. The Morgan fingerprint density at radius 3 is 2.32 bits per heavy atom. The van der Waals surface area contributed by atoms with Crippen molar-refractivity contribution in [3.05, 3.63) is 94.0 Å². The highest BCUT2D eigenvalue weighted by Gasteiger charge is 2.27. The van der Waals surface area contributed by atoms with Gasteiger partial charge in [0.1, 0.15) is 0 Å². The van der Waals surface area contributed by atoms with E-state index >= 15 is 0 Å². The smallest absolute Gasteiger partial charge is 0.269 e. The molecule has 1 aliphatic heterocycles. The van der Waals surface area contributed by atoms with Crippen molar-refractivity contribution in [2.75, 3.05) is 31.1 Å². The zero-order valence-electron chi connectivity index (χ0n) is 20.1. The molecular weight excluding hydrogens is 470 g/mol. The van der Waals surface area contributed by atoms with Crippen molar-refractivity contribution >= 4 is 34.1 Å². The minimum Gasteiger partial charge on any atom is -0.338 e. The summed E-state index contributed by atoms with van der Waals surface area (Å²) in [6, 6.07) is 21.7. The quantitative estimate of drug-likeness (QED) is 0.274. The predicted molar refractivity (Wildman–Crippen MR) is 140 cm³/mol. The number of non-ortho nitro benzene ring substituents is 1. The van der Waals surface area contributed by atoms with E-state index in [1.807, 2.05) is 59.9 Å². The number of aryl methyl sites for hydroxylation is 1. The first kappa shape index (κ1) is 22.6. The van der Waals surface area contributed by atoms with Gasteiger partial charge in [-0.25, -0.2) is 9.38 Å². The molecule has 2 aromatic heterocycles. The third-order valence-corrected chi connectivity index (χ3v) is 6.79. The predicted octanol–water partition coefficient (Wildman–Crippen LogP) is 4.12. The SMILES string of the molecule is Cc1ccccc1-c1nnc2c3ccccc3nc(N3CCN(C(=O)c4ccc([N+](=O)[O-])cc4)CC3)n12. The van der Waals surface area contributed by atoms with Gasteiger partial charge in [0.2, 0.25) is 5.95 Å². The molecule has 1 amide bonds. The number of hydrogen-bond acceptors (Lipinski definition) is 7. The third-order valence-electron chi connectivity index (χ3n) is 6.79. The van der Waals surface area contributed by atoms with Crippen molar-refractivity contribution < 1.29 is 9.72 Å². The Morgan fingerprint density at radius 1 is 0.892 bits per heavy atom. The maximum Gasteiger partial charge on any atom is 0.269 e. The summed E-state index contributed by atoms with van der Waals surface area (Å²) in [6.45, 7) is 4.18. The zero-order chi connectivity index (χ0) is 25.5. The van der Waals surface area contributed by atoms with Crippen LogP contribution in [0, 0.1) is 17.0 Å². The molecule has 3 heterocycles. The molecule has 37 heavy (non-hydrogen) atoms. The van der Waals surface area contributed by atoms with Crippen LogP contribution in [0.1, 0.15) is 15.9 Å². The van der Waals surface area contributed by atoms with Crippen molar-refractivity contribution in [1.82, 2.24) is 24.5 Å². The number of aromatic nitrogens is 4. The van der Waals surface area contributed by atoms with Crippen LogP contribution >= 0.6 is 0 Å².